The van der Waals surface area contributed by atoms with Gasteiger partial charge in [-0.2, -0.15) is 0 Å². The van der Waals surface area contributed by atoms with Crippen molar-refractivity contribution in [2.45, 2.75) is 104 Å². The summed E-state index contributed by atoms with van der Waals surface area (Å²) in [5, 5.41) is 20.8. The van der Waals surface area contributed by atoms with Gasteiger partial charge >= 0.3 is 0 Å². The second-order valence-corrected chi connectivity index (χ2v) is 21.7. The molecular formula is C55H68N12O6. The van der Waals surface area contributed by atoms with Crippen LogP contribution in [-0.4, -0.2) is 123 Å². The average Bonchev–Trinajstić information content (AvgIpc) is 3.89. The summed E-state index contributed by atoms with van der Waals surface area (Å²) >= 11 is 0. The Morgan fingerprint density at radius 3 is 2.60 bits per heavy atom. The molecular weight excluding hydrogens is 925 g/mol. The number of ether oxygens (including phenoxy) is 2. The Labute approximate surface area is 426 Å². The summed E-state index contributed by atoms with van der Waals surface area (Å²) in [6.07, 6.45) is 12.5. The van der Waals surface area contributed by atoms with E-state index in [0.717, 1.165) is 101 Å². The van der Waals surface area contributed by atoms with Gasteiger partial charge in [0.2, 0.25) is 5.91 Å². The molecule has 0 spiro atoms. The number of aryl methyl sites for hydroxylation is 1. The molecule has 0 saturated carbocycles. The first kappa shape index (κ1) is 48.5. The number of anilines is 7. The van der Waals surface area contributed by atoms with Gasteiger partial charge in [0.1, 0.15) is 18.1 Å². The number of piperidine rings is 1. The quantitative estimate of drug-likeness (QED) is 0.107. The molecule has 9 heterocycles. The van der Waals surface area contributed by atoms with Crippen molar-refractivity contribution in [1.82, 2.24) is 29.0 Å². The number of carbonyl (C=O) groups excluding carboxylic acids is 2. The molecule has 11 rings (SSSR count). The molecule has 4 atom stereocenters. The van der Waals surface area contributed by atoms with Gasteiger partial charge in [-0.15, -0.1) is 0 Å². The molecule has 73 heavy (non-hydrogen) atoms. The van der Waals surface area contributed by atoms with Gasteiger partial charge in [-0.1, -0.05) is 20.4 Å². The van der Waals surface area contributed by atoms with E-state index in [-0.39, 0.29) is 40.7 Å². The molecule has 1 unspecified atom stereocenters. The summed E-state index contributed by atoms with van der Waals surface area (Å²) in [4.78, 5) is 64.1. The van der Waals surface area contributed by atoms with Gasteiger partial charge in [-0.05, 0) is 106 Å². The van der Waals surface area contributed by atoms with Crippen LogP contribution in [0, 0.1) is 11.3 Å². The molecule has 4 N–H and O–H groups in total. The van der Waals surface area contributed by atoms with E-state index in [2.05, 4.69) is 80.5 Å². The third kappa shape index (κ3) is 9.33. The number of carbonyl (C=O) groups is 2. The first-order valence-corrected chi connectivity index (χ1v) is 26.0. The number of rotatable bonds is 11. The van der Waals surface area contributed by atoms with Crippen LogP contribution in [0.1, 0.15) is 80.7 Å². The molecule has 6 aliphatic rings. The van der Waals surface area contributed by atoms with E-state index in [1.807, 2.05) is 30.5 Å². The molecule has 18 heteroatoms. The third-order valence-electron chi connectivity index (χ3n) is 16.2. The summed E-state index contributed by atoms with van der Waals surface area (Å²) < 4.78 is 15.5. The maximum atomic E-state index is 14.1. The largest absolute Gasteiger partial charge is 0.487 e. The molecule has 5 aromatic rings. The summed E-state index contributed by atoms with van der Waals surface area (Å²) in [6.45, 7) is 19.0. The van der Waals surface area contributed by atoms with E-state index >= 15 is 0 Å². The highest BCUT2D eigenvalue weighted by molar-refractivity contribution is 6.06. The number of fused-ring (bicyclic) bond motifs is 4. The fourth-order valence-corrected chi connectivity index (χ4v) is 12.4. The van der Waals surface area contributed by atoms with Gasteiger partial charge < -0.3 is 49.5 Å². The smallest absolute Gasteiger partial charge is 0.293 e. The Bertz CT molecular complexity index is 3020. The first-order valence-electron chi connectivity index (χ1n) is 26.0. The molecule has 1 aromatic carbocycles. The highest BCUT2D eigenvalue weighted by atomic mass is 16.5. The Morgan fingerprint density at radius 2 is 1.82 bits per heavy atom. The number of piperazine rings is 1. The predicted molar refractivity (Wildman–Crippen MR) is 283 cm³/mol. The number of aliphatic hydroxyl groups excluding tert-OH is 1. The van der Waals surface area contributed by atoms with E-state index < -0.39 is 6.61 Å². The van der Waals surface area contributed by atoms with Crippen LogP contribution in [0.25, 0.3) is 11.3 Å². The lowest BCUT2D eigenvalue weighted by atomic mass is 9.90. The van der Waals surface area contributed by atoms with Gasteiger partial charge in [-0.25, -0.2) is 15.0 Å². The molecule has 384 valence electrons. The lowest BCUT2D eigenvalue weighted by Crippen LogP contribution is -2.58. The predicted octanol–water partition coefficient (Wildman–Crippen LogP) is 6.35. The van der Waals surface area contributed by atoms with Crippen LogP contribution in [0.4, 0.5) is 40.2 Å². The highest BCUT2D eigenvalue weighted by Gasteiger charge is 2.39. The van der Waals surface area contributed by atoms with Crippen LogP contribution in [0.2, 0.25) is 0 Å². The fraction of sp³-hybridized carbons (Fsp3) is 0.491. The number of hydrogen-bond donors (Lipinski definition) is 4. The van der Waals surface area contributed by atoms with Crippen molar-refractivity contribution < 1.29 is 24.2 Å². The molecule has 1 aliphatic carbocycles. The van der Waals surface area contributed by atoms with Crippen molar-refractivity contribution in [2.75, 3.05) is 83.2 Å². The number of pyridine rings is 2. The number of amides is 2. The van der Waals surface area contributed by atoms with Crippen molar-refractivity contribution in [3.8, 4) is 17.0 Å². The SMILES string of the molecule is C=CC(=O)Nc1cc(Nc2nc(-c3ccnc(N4CCn5c(cc6c5CC(C)(C)C6)C4=O)c3CO)cn(C)c2=O)ccc1N1CCN(C2CCN(c3cnc4c(c3)OC[C@H](C3CCOCC3)N4)[C@@H](C)C2)C[C@@H]1C. The zero-order chi connectivity index (χ0) is 50.7. The summed E-state index contributed by atoms with van der Waals surface area (Å²) in [6, 6.07) is 12.7. The minimum atomic E-state index is -0.403. The summed E-state index contributed by atoms with van der Waals surface area (Å²) in [5.41, 5.74) is 7.36. The normalized spacial score (nSPS) is 23.0. The second kappa shape index (κ2) is 19.6. The Hall–Kier alpha value is -6.76. The van der Waals surface area contributed by atoms with Crippen LogP contribution in [0.5, 0.6) is 5.75 Å². The van der Waals surface area contributed by atoms with Gasteiger partial charge in [-0.3, -0.25) is 24.2 Å². The van der Waals surface area contributed by atoms with Crippen LogP contribution < -0.4 is 40.9 Å². The molecule has 2 amide bonds. The zero-order valence-electron chi connectivity index (χ0n) is 42.7. The van der Waals surface area contributed by atoms with E-state index in [1.54, 1.807) is 30.4 Å². The Balaban J connectivity index is 0.770. The number of hydrogen-bond acceptors (Lipinski definition) is 14. The molecule has 0 bridgehead atoms. The van der Waals surface area contributed by atoms with E-state index in [4.69, 9.17) is 19.4 Å². The fourth-order valence-electron chi connectivity index (χ4n) is 12.4. The van der Waals surface area contributed by atoms with Crippen molar-refractivity contribution >= 4 is 52.0 Å². The third-order valence-corrected chi connectivity index (χ3v) is 16.2. The molecule has 4 aromatic heterocycles. The first-order chi connectivity index (χ1) is 35.2. The topological polar surface area (TPSA) is 187 Å². The minimum Gasteiger partial charge on any atom is -0.487 e. The second-order valence-electron chi connectivity index (χ2n) is 21.7. The van der Waals surface area contributed by atoms with Gasteiger partial charge in [0.05, 0.1) is 41.6 Å². The molecule has 3 fully saturated rings. The molecule has 0 radical (unpaired) electrons. The maximum absolute atomic E-state index is 14.1. The van der Waals surface area contributed by atoms with Crippen LogP contribution >= 0.6 is 0 Å². The van der Waals surface area contributed by atoms with E-state index in [9.17, 15) is 19.5 Å². The van der Waals surface area contributed by atoms with Gasteiger partial charge in [0.25, 0.3) is 11.5 Å². The Kier molecular flexibility index (Phi) is 13.0. The maximum Gasteiger partial charge on any atom is 0.293 e. The number of benzene rings is 1. The lowest BCUT2D eigenvalue weighted by molar-refractivity contribution is -0.111. The zero-order valence-corrected chi connectivity index (χ0v) is 42.7. The van der Waals surface area contributed by atoms with Crippen molar-refractivity contribution in [1.29, 1.82) is 0 Å². The number of aromatic nitrogens is 5. The summed E-state index contributed by atoms with van der Waals surface area (Å²) in [7, 11) is 1.65. The highest BCUT2D eigenvalue weighted by Crippen LogP contribution is 2.41. The van der Waals surface area contributed by atoms with E-state index in [0.29, 0.717) is 77.4 Å². The lowest BCUT2D eigenvalue weighted by Gasteiger charge is -2.48. The summed E-state index contributed by atoms with van der Waals surface area (Å²) in [5.74, 6) is 2.09. The van der Waals surface area contributed by atoms with Crippen LogP contribution in [0.3, 0.4) is 0 Å². The van der Waals surface area contributed by atoms with Gasteiger partial charge in [0, 0.05) is 119 Å². The monoisotopic (exact) mass is 993 g/mol. The van der Waals surface area contributed by atoms with Crippen LogP contribution in [0.15, 0.2) is 72.4 Å². The van der Waals surface area contributed by atoms with Gasteiger partial charge in [0.15, 0.2) is 17.4 Å². The number of nitrogens with one attached hydrogen (secondary N) is 3. The van der Waals surface area contributed by atoms with Crippen molar-refractivity contribution in [3.63, 3.8) is 0 Å². The molecule has 5 aliphatic heterocycles. The van der Waals surface area contributed by atoms with Crippen LogP contribution in [-0.2, 0) is 42.6 Å². The van der Waals surface area contributed by atoms with Crippen molar-refractivity contribution in [3.05, 3.63) is 101 Å². The van der Waals surface area contributed by atoms with E-state index in [1.165, 1.54) is 21.9 Å². The van der Waals surface area contributed by atoms with Crippen molar-refractivity contribution in [2.24, 2.45) is 18.4 Å². The number of aliphatic hydroxyl groups is 1. The Morgan fingerprint density at radius 1 is 0.986 bits per heavy atom. The minimum absolute atomic E-state index is 0.0510. The molecule has 3 saturated heterocycles. The number of nitrogens with zero attached hydrogens (tertiary/aromatic N) is 9. The molecule has 18 nitrogen and oxygen atoms in total. The average molecular weight is 993 g/mol. The standard InChI is InChI=1S/C55H68N12O6/c1-7-49(69)59-42-24-37(58-51-54(71)62(6)30-43(60-51)40-10-14-56-52(41(40)31-68)67-19-18-66-46(53(67)70)23-36-26-55(4,5)27-47(36)66)8-9-45(42)65-17-16-63(29-34(65)3)38-11-15-64(33(2)22-38)39-25-48-50(57-28-39)61-44(32-73-48)35-12-20-72-21-13-35/h7-10,14,23-25,28,30,33-35,38,44,68H,1,11-13,15-22,26-27,29,31-32H2,2-6H3,(H,57,61)(H,58,60)(H,59,69)/t33-,34-,38?,44+/m0/s1.